The Morgan fingerprint density at radius 1 is 0.905 bits per heavy atom. The van der Waals surface area contributed by atoms with Crippen molar-refractivity contribution in [2.45, 2.75) is 102 Å². The van der Waals surface area contributed by atoms with Crippen LogP contribution in [0.3, 0.4) is 0 Å². The number of nitrogens with two attached hydrogens (primary N) is 1. The van der Waals surface area contributed by atoms with Crippen molar-refractivity contribution in [3.63, 3.8) is 0 Å². The molecule has 2 aliphatic rings. The summed E-state index contributed by atoms with van der Waals surface area (Å²) in [4.78, 5) is 79.5. The summed E-state index contributed by atoms with van der Waals surface area (Å²) < 4.78 is 49.3. The highest BCUT2D eigenvalue weighted by atomic mass is 19.1. The van der Waals surface area contributed by atoms with E-state index in [0.29, 0.717) is 12.8 Å². The predicted octanol–water partition coefficient (Wildman–Crippen LogP) is 6.15. The number of carbonyl (C=O) groups is 6. The zero-order valence-electron chi connectivity index (χ0n) is 36.0. The van der Waals surface area contributed by atoms with Gasteiger partial charge < -0.3 is 49.7 Å². The molecule has 4 amide bonds. The quantitative estimate of drug-likeness (QED) is 0.0744. The highest BCUT2D eigenvalue weighted by Gasteiger charge is 2.43. The summed E-state index contributed by atoms with van der Waals surface area (Å²) in [6.07, 6.45) is -2.75. The van der Waals surface area contributed by atoms with Gasteiger partial charge in [-0.25, -0.2) is 28.4 Å². The number of nitrogens with one attached hydrogen (secondary N) is 2. The number of amides is 4. The average Bonchev–Trinajstić information content (AvgIpc) is 3.65. The fraction of sp³-hybridized carbons (Fsp3) is 0.467. The maximum Gasteiger partial charge on any atom is 0.414 e. The molecule has 0 bridgehead atoms. The number of halogens is 1. The second kappa shape index (κ2) is 22.1. The number of nitrogens with zero attached hydrogens (tertiary/aromatic N) is 2. The summed E-state index contributed by atoms with van der Waals surface area (Å²) in [5.41, 5.74) is 5.41. The minimum atomic E-state index is -1.41. The Bertz CT molecular complexity index is 2040. The van der Waals surface area contributed by atoms with Crippen molar-refractivity contribution >= 4 is 41.8 Å². The topological polar surface area (TPSA) is 214 Å². The van der Waals surface area contributed by atoms with Crippen LogP contribution in [-0.4, -0.2) is 103 Å². The van der Waals surface area contributed by atoms with Crippen LogP contribution in [-0.2, 0) is 46.5 Å². The van der Waals surface area contributed by atoms with Gasteiger partial charge in [-0.1, -0.05) is 60.7 Å². The number of benzene rings is 3. The summed E-state index contributed by atoms with van der Waals surface area (Å²) in [7, 11) is 0. The third-order valence-corrected chi connectivity index (χ3v) is 10.3. The van der Waals surface area contributed by atoms with Crippen LogP contribution in [0.4, 0.5) is 29.3 Å². The Kier molecular flexibility index (Phi) is 16.7. The van der Waals surface area contributed by atoms with E-state index in [4.69, 9.17) is 34.2 Å². The Labute approximate surface area is 365 Å². The van der Waals surface area contributed by atoms with Crippen LogP contribution in [0.2, 0.25) is 0 Å². The monoisotopic (exact) mass is 877 g/mol. The molecule has 2 unspecified atom stereocenters. The third-order valence-electron chi connectivity index (χ3n) is 10.3. The number of ketones is 1. The van der Waals surface area contributed by atoms with Crippen LogP contribution in [0.1, 0.15) is 70.9 Å². The molecule has 63 heavy (non-hydrogen) atoms. The Balaban J connectivity index is 1.27. The maximum atomic E-state index is 15.7. The van der Waals surface area contributed by atoms with Crippen LogP contribution in [0.25, 0.3) is 0 Å². The maximum absolute atomic E-state index is 15.7. The Morgan fingerprint density at radius 3 is 2.11 bits per heavy atom. The number of esters is 1. The number of cyclic esters (lactones) is 1. The summed E-state index contributed by atoms with van der Waals surface area (Å²) >= 11 is 0. The number of carbonyl (C=O) groups excluding carboxylic acids is 6. The highest BCUT2D eigenvalue weighted by Crippen LogP contribution is 2.32. The first kappa shape index (κ1) is 47.6. The highest BCUT2D eigenvalue weighted by molar-refractivity contribution is 5.91. The lowest BCUT2D eigenvalue weighted by molar-refractivity contribution is -0.171. The molecule has 18 heteroatoms. The molecule has 0 spiro atoms. The van der Waals surface area contributed by atoms with Crippen molar-refractivity contribution in [2.24, 2.45) is 5.73 Å². The number of piperidine rings is 1. The van der Waals surface area contributed by atoms with Gasteiger partial charge in [0.05, 0.1) is 12.2 Å². The minimum absolute atomic E-state index is 0.0580. The molecule has 2 fully saturated rings. The molecule has 0 radical (unpaired) electrons. The van der Waals surface area contributed by atoms with Crippen molar-refractivity contribution in [1.82, 2.24) is 15.5 Å². The molecule has 2 saturated heterocycles. The average molecular weight is 878 g/mol. The van der Waals surface area contributed by atoms with E-state index in [-0.39, 0.29) is 82.5 Å². The van der Waals surface area contributed by atoms with E-state index in [9.17, 15) is 28.8 Å². The minimum Gasteiger partial charge on any atom is -0.486 e. The summed E-state index contributed by atoms with van der Waals surface area (Å²) in [5.74, 6) is -2.25. The number of hydrogen-bond donors (Lipinski definition) is 3. The predicted molar refractivity (Wildman–Crippen MR) is 226 cm³/mol. The zero-order chi connectivity index (χ0) is 45.6. The van der Waals surface area contributed by atoms with Crippen LogP contribution >= 0.6 is 0 Å². The van der Waals surface area contributed by atoms with Gasteiger partial charge in [0, 0.05) is 38.5 Å². The number of alkyl carbamates (subject to hydrolysis) is 2. The van der Waals surface area contributed by atoms with Crippen LogP contribution < -0.4 is 26.0 Å². The smallest absolute Gasteiger partial charge is 0.414 e. The van der Waals surface area contributed by atoms with E-state index >= 15 is 4.39 Å². The first-order valence-electron chi connectivity index (χ1n) is 20.8. The number of rotatable bonds is 18. The zero-order valence-corrected chi connectivity index (χ0v) is 36.0. The largest absolute Gasteiger partial charge is 0.486 e. The van der Waals surface area contributed by atoms with Crippen molar-refractivity contribution in [3.8, 4) is 5.75 Å². The van der Waals surface area contributed by atoms with Crippen molar-refractivity contribution in [1.29, 1.82) is 0 Å². The van der Waals surface area contributed by atoms with Gasteiger partial charge in [-0.2, -0.15) is 0 Å². The van der Waals surface area contributed by atoms with Gasteiger partial charge in [0.2, 0.25) is 0 Å². The second-order valence-corrected chi connectivity index (χ2v) is 16.4. The second-order valence-electron chi connectivity index (χ2n) is 16.4. The number of ether oxygens (including phenoxy) is 6. The summed E-state index contributed by atoms with van der Waals surface area (Å²) in [6, 6.07) is 19.7. The molecule has 0 aliphatic carbocycles. The van der Waals surface area contributed by atoms with Crippen LogP contribution in [0.15, 0.2) is 78.9 Å². The van der Waals surface area contributed by atoms with Gasteiger partial charge in [-0.05, 0) is 70.2 Å². The van der Waals surface area contributed by atoms with E-state index in [2.05, 4.69) is 10.6 Å². The number of hydrogen-bond acceptors (Lipinski definition) is 13. The lowest BCUT2D eigenvalue weighted by Crippen LogP contribution is -2.54. The van der Waals surface area contributed by atoms with E-state index in [1.165, 1.54) is 24.0 Å². The fourth-order valence-corrected chi connectivity index (χ4v) is 6.71. The van der Waals surface area contributed by atoms with Crippen molar-refractivity contribution in [2.75, 3.05) is 37.7 Å². The molecule has 3 aromatic carbocycles. The first-order chi connectivity index (χ1) is 30.0. The number of Topliss-reactive ketones (excluding diaryl/α,β-unsaturated/α-hetero) is 1. The van der Waals surface area contributed by atoms with E-state index in [0.717, 1.165) is 22.1 Å². The lowest BCUT2D eigenvalue weighted by Gasteiger charge is -2.41. The molecule has 4 N–H and O–H groups in total. The normalized spacial score (nSPS) is 16.8. The summed E-state index contributed by atoms with van der Waals surface area (Å²) in [5, 5.41) is 5.30. The number of likely N-dealkylation sites (tertiary alicyclic amines) is 1. The van der Waals surface area contributed by atoms with Gasteiger partial charge in [0.25, 0.3) is 0 Å². The molecule has 2 aliphatic heterocycles. The lowest BCUT2D eigenvalue weighted by atomic mass is 9.91. The molecular weight excluding hydrogens is 822 g/mol. The molecule has 3 aromatic rings. The molecule has 5 rings (SSSR count). The van der Waals surface area contributed by atoms with Gasteiger partial charge >= 0.3 is 30.3 Å². The van der Waals surface area contributed by atoms with Gasteiger partial charge in [-0.15, -0.1) is 0 Å². The number of unbranched alkanes of at least 4 members (excludes halogenated alkanes) is 1. The molecule has 0 aromatic heterocycles. The molecule has 3 atom stereocenters. The molecule has 340 valence electrons. The standard InChI is InChI=1S/C45H56FN5O12/c1-30(52)38(47)37-26-51(43(57)61-37)33-18-19-36(34(46)25-33)60-29-45(20-23-50(24-21-45)42(56)63-44(2,3)4)62-39(53)35(49-41(55)59-28-32-15-9-6-10-16-32)17-11-12-22-48-40(54)58-27-31-13-7-5-8-14-31/h5-10,13-16,18-19,25,35,37-38H,11-12,17,20-24,26-29,47H2,1-4H3,(H,48,54)(H,49,55)/t35?,37-,38?/m0/s1. The molecule has 0 saturated carbocycles. The van der Waals surface area contributed by atoms with Crippen LogP contribution in [0.5, 0.6) is 5.75 Å². The third kappa shape index (κ3) is 14.6. The number of anilines is 1. The van der Waals surface area contributed by atoms with Crippen molar-refractivity contribution in [3.05, 3.63) is 95.8 Å². The van der Waals surface area contributed by atoms with Gasteiger partial charge in [0.1, 0.15) is 55.0 Å². The molecule has 17 nitrogen and oxygen atoms in total. The van der Waals surface area contributed by atoms with Gasteiger partial charge in [-0.3, -0.25) is 9.69 Å². The van der Waals surface area contributed by atoms with Crippen molar-refractivity contribution < 1.29 is 61.6 Å². The van der Waals surface area contributed by atoms with E-state index in [1.54, 1.807) is 45.0 Å². The first-order valence-corrected chi connectivity index (χ1v) is 20.8. The summed E-state index contributed by atoms with van der Waals surface area (Å²) in [6.45, 7) is 6.55. The molecular formula is C45H56FN5O12. The van der Waals surface area contributed by atoms with E-state index < -0.39 is 65.5 Å². The van der Waals surface area contributed by atoms with E-state index in [1.807, 2.05) is 36.4 Å². The Morgan fingerprint density at radius 2 is 1.52 bits per heavy atom. The SMILES string of the molecule is CC(=O)C(N)[C@@H]1CN(c2ccc(OCC3(OC(=O)C(CCCCNC(=O)OCc4ccccc4)NC(=O)OCc4ccccc4)CCN(C(=O)OC(C)(C)C)CC3)c(F)c2)C(=O)O1. The van der Waals surface area contributed by atoms with Crippen LogP contribution in [0, 0.1) is 5.82 Å². The van der Waals surface area contributed by atoms with Gasteiger partial charge in [0.15, 0.2) is 11.6 Å². The Hall–Kier alpha value is -6.43. The fourth-order valence-electron chi connectivity index (χ4n) is 6.71. The molecule has 2 heterocycles.